The highest BCUT2D eigenvalue weighted by molar-refractivity contribution is 6.30. The highest BCUT2D eigenvalue weighted by Crippen LogP contribution is 2.22. The van der Waals surface area contributed by atoms with E-state index in [0.29, 0.717) is 17.0 Å². The molecule has 1 unspecified atom stereocenters. The van der Waals surface area contributed by atoms with E-state index in [-0.39, 0.29) is 11.9 Å². The number of hydrogen-bond acceptors (Lipinski definition) is 2. The summed E-state index contributed by atoms with van der Waals surface area (Å²) in [6.07, 6.45) is 0.592. The van der Waals surface area contributed by atoms with Gasteiger partial charge in [-0.2, -0.15) is 0 Å². The van der Waals surface area contributed by atoms with Crippen molar-refractivity contribution in [1.29, 1.82) is 0 Å². The number of halogens is 1. The second kappa shape index (κ2) is 7.87. The Morgan fingerprint density at radius 2 is 1.68 bits per heavy atom. The van der Waals surface area contributed by atoms with Crippen molar-refractivity contribution in [3.8, 4) is 0 Å². The monoisotopic (exact) mass is 389 g/mol. The molecule has 1 amide bonds. The lowest BCUT2D eigenvalue weighted by molar-refractivity contribution is 0.0936. The first-order chi connectivity index (χ1) is 13.6. The third-order valence-electron chi connectivity index (χ3n) is 4.88. The van der Waals surface area contributed by atoms with E-state index in [0.717, 1.165) is 22.4 Å². The Morgan fingerprint density at radius 1 is 1.00 bits per heavy atom. The molecule has 0 spiro atoms. The van der Waals surface area contributed by atoms with Crippen LogP contribution in [0.2, 0.25) is 5.02 Å². The van der Waals surface area contributed by atoms with Crippen LogP contribution in [-0.4, -0.2) is 15.5 Å². The molecule has 0 saturated carbocycles. The number of para-hydroxylation sites is 2. The number of carbonyl (C=O) groups excluding carboxylic acids is 1. The Bertz CT molecular complexity index is 1100. The lowest BCUT2D eigenvalue weighted by Gasteiger charge is -2.19. The summed E-state index contributed by atoms with van der Waals surface area (Å²) in [5, 5.41) is 3.76. The van der Waals surface area contributed by atoms with E-state index in [1.165, 1.54) is 0 Å². The first-order valence-electron chi connectivity index (χ1n) is 9.13. The molecule has 0 aliphatic heterocycles. The maximum Gasteiger partial charge on any atom is 0.251 e. The molecule has 1 heterocycles. The number of amides is 1. The van der Waals surface area contributed by atoms with Crippen LogP contribution in [0.1, 0.15) is 27.8 Å². The van der Waals surface area contributed by atoms with Crippen LogP contribution in [0, 0.1) is 0 Å². The number of nitrogens with zero attached hydrogens (tertiary/aromatic N) is 2. The van der Waals surface area contributed by atoms with Gasteiger partial charge in [0.1, 0.15) is 5.82 Å². The quantitative estimate of drug-likeness (QED) is 0.525. The van der Waals surface area contributed by atoms with Gasteiger partial charge in [0.2, 0.25) is 0 Å². The number of aromatic nitrogens is 2. The Balaban J connectivity index is 1.64. The third-order valence-corrected chi connectivity index (χ3v) is 5.13. The molecule has 0 saturated heterocycles. The molecule has 4 aromatic rings. The van der Waals surface area contributed by atoms with Crippen LogP contribution >= 0.6 is 11.6 Å². The van der Waals surface area contributed by atoms with Gasteiger partial charge in [-0.1, -0.05) is 54.1 Å². The van der Waals surface area contributed by atoms with Gasteiger partial charge in [-0.05, 0) is 42.0 Å². The van der Waals surface area contributed by atoms with Gasteiger partial charge < -0.3 is 9.88 Å². The summed E-state index contributed by atoms with van der Waals surface area (Å²) in [6, 6.07) is 24.7. The topological polar surface area (TPSA) is 46.9 Å². The van der Waals surface area contributed by atoms with E-state index in [2.05, 4.69) is 16.0 Å². The summed E-state index contributed by atoms with van der Waals surface area (Å²) in [7, 11) is 2.01. The molecule has 0 aliphatic rings. The summed E-state index contributed by atoms with van der Waals surface area (Å²) in [5.74, 6) is 0.788. The van der Waals surface area contributed by atoms with Gasteiger partial charge in [-0.3, -0.25) is 4.79 Å². The zero-order valence-corrected chi connectivity index (χ0v) is 16.2. The molecule has 3 aromatic carbocycles. The van der Waals surface area contributed by atoms with E-state index < -0.39 is 0 Å². The molecule has 0 fully saturated rings. The number of aryl methyl sites for hydroxylation is 1. The smallest absolute Gasteiger partial charge is 0.251 e. The second-order valence-corrected chi connectivity index (χ2v) is 7.16. The van der Waals surface area contributed by atoms with Crippen LogP contribution in [0.3, 0.4) is 0 Å². The Hall–Kier alpha value is -3.11. The third kappa shape index (κ3) is 3.78. The molecule has 0 aliphatic carbocycles. The van der Waals surface area contributed by atoms with E-state index in [1.54, 1.807) is 24.3 Å². The fourth-order valence-electron chi connectivity index (χ4n) is 3.34. The second-order valence-electron chi connectivity index (χ2n) is 6.72. The van der Waals surface area contributed by atoms with Crippen molar-refractivity contribution in [3.05, 3.63) is 101 Å². The van der Waals surface area contributed by atoms with E-state index in [9.17, 15) is 4.79 Å². The number of carbonyl (C=O) groups is 1. The standard InChI is InChI=1S/C23H20ClN3O/c1-27-21-10-6-5-9-19(21)25-22(27)15-20(16-7-3-2-4-8-16)26-23(28)17-11-13-18(24)14-12-17/h2-14,20H,15H2,1H3,(H,26,28). The maximum atomic E-state index is 12.8. The molecule has 0 radical (unpaired) electrons. The zero-order valence-electron chi connectivity index (χ0n) is 15.5. The maximum absolute atomic E-state index is 12.8. The minimum absolute atomic E-state index is 0.135. The molecule has 0 bridgehead atoms. The number of benzene rings is 3. The van der Waals surface area contributed by atoms with Gasteiger partial charge in [-0.25, -0.2) is 4.98 Å². The molecule has 28 heavy (non-hydrogen) atoms. The molecule has 1 N–H and O–H groups in total. The van der Waals surface area contributed by atoms with Crippen LogP contribution in [0.25, 0.3) is 11.0 Å². The Kier molecular flexibility index (Phi) is 5.13. The normalized spacial score (nSPS) is 12.1. The average Bonchev–Trinajstić information content (AvgIpc) is 3.04. The fraction of sp³-hybridized carbons (Fsp3) is 0.130. The highest BCUT2D eigenvalue weighted by atomic mass is 35.5. The minimum Gasteiger partial charge on any atom is -0.345 e. The molecule has 140 valence electrons. The number of fused-ring (bicyclic) bond motifs is 1. The van der Waals surface area contributed by atoms with Gasteiger partial charge in [0.15, 0.2) is 0 Å². The number of hydrogen-bond donors (Lipinski definition) is 1. The number of imidazole rings is 1. The van der Waals surface area contributed by atoms with Gasteiger partial charge in [-0.15, -0.1) is 0 Å². The summed E-state index contributed by atoms with van der Waals surface area (Å²) >= 11 is 5.94. The predicted molar refractivity (Wildman–Crippen MR) is 113 cm³/mol. The van der Waals surface area contributed by atoms with Crippen molar-refractivity contribution >= 4 is 28.5 Å². The first kappa shape index (κ1) is 18.3. The molecular formula is C23H20ClN3O. The summed E-state index contributed by atoms with van der Waals surface area (Å²) < 4.78 is 2.08. The van der Waals surface area contributed by atoms with Crippen LogP contribution in [0.5, 0.6) is 0 Å². The summed E-state index contributed by atoms with van der Waals surface area (Å²) in [5.41, 5.74) is 3.65. The largest absolute Gasteiger partial charge is 0.345 e. The van der Waals surface area contributed by atoms with Gasteiger partial charge >= 0.3 is 0 Å². The van der Waals surface area contributed by atoms with Crippen molar-refractivity contribution in [3.63, 3.8) is 0 Å². The molecule has 4 rings (SSSR count). The van der Waals surface area contributed by atoms with Crippen LogP contribution in [-0.2, 0) is 13.5 Å². The van der Waals surface area contributed by atoms with Crippen LogP contribution in [0.4, 0.5) is 0 Å². The molecule has 5 heteroatoms. The Morgan fingerprint density at radius 3 is 2.39 bits per heavy atom. The summed E-state index contributed by atoms with van der Waals surface area (Å²) in [6.45, 7) is 0. The average molecular weight is 390 g/mol. The zero-order chi connectivity index (χ0) is 19.5. The highest BCUT2D eigenvalue weighted by Gasteiger charge is 2.19. The number of rotatable bonds is 5. The molecule has 1 atom stereocenters. The van der Waals surface area contributed by atoms with Gasteiger partial charge in [0.05, 0.1) is 17.1 Å². The van der Waals surface area contributed by atoms with Crippen molar-refractivity contribution in [1.82, 2.24) is 14.9 Å². The van der Waals surface area contributed by atoms with Gasteiger partial charge in [0, 0.05) is 24.1 Å². The Labute approximate surface area is 168 Å². The van der Waals surface area contributed by atoms with E-state index in [4.69, 9.17) is 16.6 Å². The van der Waals surface area contributed by atoms with Crippen LogP contribution in [0.15, 0.2) is 78.9 Å². The lowest BCUT2D eigenvalue weighted by Crippen LogP contribution is -2.30. The predicted octanol–water partition coefficient (Wildman–Crippen LogP) is 4.94. The van der Waals surface area contributed by atoms with Crippen molar-refractivity contribution < 1.29 is 4.79 Å². The minimum atomic E-state index is -0.195. The number of nitrogens with one attached hydrogen (secondary N) is 1. The van der Waals surface area contributed by atoms with E-state index >= 15 is 0 Å². The van der Waals surface area contributed by atoms with Crippen molar-refractivity contribution in [2.45, 2.75) is 12.5 Å². The van der Waals surface area contributed by atoms with Gasteiger partial charge in [0.25, 0.3) is 5.91 Å². The van der Waals surface area contributed by atoms with Crippen LogP contribution < -0.4 is 5.32 Å². The molecule has 1 aromatic heterocycles. The van der Waals surface area contributed by atoms with Crippen molar-refractivity contribution in [2.75, 3.05) is 0 Å². The molecular weight excluding hydrogens is 370 g/mol. The van der Waals surface area contributed by atoms with E-state index in [1.807, 2.05) is 55.6 Å². The van der Waals surface area contributed by atoms with Crippen molar-refractivity contribution in [2.24, 2.45) is 7.05 Å². The SMILES string of the molecule is Cn1c(CC(NC(=O)c2ccc(Cl)cc2)c2ccccc2)nc2ccccc21. The fourth-order valence-corrected chi connectivity index (χ4v) is 3.47. The summed E-state index contributed by atoms with van der Waals surface area (Å²) in [4.78, 5) is 17.6. The molecule has 4 nitrogen and oxygen atoms in total. The lowest BCUT2D eigenvalue weighted by atomic mass is 10.0. The first-order valence-corrected chi connectivity index (χ1v) is 9.51.